The van der Waals surface area contributed by atoms with E-state index in [1.165, 1.54) is 38.5 Å². The minimum atomic E-state index is 0.436. The maximum atomic E-state index is 5.67. The minimum Gasteiger partial charge on any atom is -0.381 e. The molecule has 16 heavy (non-hydrogen) atoms. The van der Waals surface area contributed by atoms with Crippen LogP contribution in [-0.2, 0) is 4.74 Å². The zero-order valence-electron chi connectivity index (χ0n) is 9.99. The van der Waals surface area contributed by atoms with Crippen LogP contribution in [0.15, 0.2) is 0 Å². The molecular formula is C12H24N2OS. The van der Waals surface area contributed by atoms with E-state index in [9.17, 15) is 0 Å². The van der Waals surface area contributed by atoms with Crippen LogP contribution >= 0.6 is 11.8 Å². The van der Waals surface area contributed by atoms with Crippen LogP contribution in [0, 0.1) is 5.92 Å². The summed E-state index contributed by atoms with van der Waals surface area (Å²) in [5.74, 6) is 7.44. The van der Waals surface area contributed by atoms with E-state index in [1.807, 2.05) is 0 Å². The molecule has 0 amide bonds. The van der Waals surface area contributed by atoms with Gasteiger partial charge in [0.2, 0.25) is 0 Å². The number of hydrazine groups is 1. The van der Waals surface area contributed by atoms with Gasteiger partial charge in [-0.15, -0.1) is 0 Å². The highest BCUT2D eigenvalue weighted by Gasteiger charge is 2.25. The Kier molecular flexibility index (Phi) is 5.42. The molecule has 1 aliphatic carbocycles. The van der Waals surface area contributed by atoms with Crippen molar-refractivity contribution < 1.29 is 4.74 Å². The van der Waals surface area contributed by atoms with Crippen LogP contribution in [-0.4, -0.2) is 30.3 Å². The third-order valence-electron chi connectivity index (χ3n) is 3.79. The molecule has 0 aromatic heterocycles. The van der Waals surface area contributed by atoms with Crippen molar-refractivity contribution in [3.05, 3.63) is 0 Å². The highest BCUT2D eigenvalue weighted by Crippen LogP contribution is 2.31. The Morgan fingerprint density at radius 3 is 2.69 bits per heavy atom. The molecule has 2 atom stereocenters. The van der Waals surface area contributed by atoms with E-state index in [-0.39, 0.29) is 0 Å². The molecule has 2 aliphatic rings. The maximum absolute atomic E-state index is 5.67. The molecule has 4 heteroatoms. The van der Waals surface area contributed by atoms with E-state index in [0.29, 0.717) is 12.0 Å². The van der Waals surface area contributed by atoms with Crippen molar-refractivity contribution in [3.8, 4) is 0 Å². The predicted molar refractivity (Wildman–Crippen MR) is 69.4 cm³/mol. The molecule has 2 fully saturated rings. The van der Waals surface area contributed by atoms with Gasteiger partial charge in [0.15, 0.2) is 0 Å². The lowest BCUT2D eigenvalue weighted by molar-refractivity contribution is 0.0427. The summed E-state index contributed by atoms with van der Waals surface area (Å²) in [7, 11) is 0. The fourth-order valence-electron chi connectivity index (χ4n) is 2.70. The Morgan fingerprint density at radius 1 is 1.25 bits per heavy atom. The minimum absolute atomic E-state index is 0.436. The molecule has 94 valence electrons. The molecule has 2 rings (SSSR count). The molecule has 1 heterocycles. The summed E-state index contributed by atoms with van der Waals surface area (Å²) >= 11 is 2.11. The maximum Gasteiger partial charge on any atom is 0.0509 e. The van der Waals surface area contributed by atoms with Crippen molar-refractivity contribution >= 4 is 11.8 Å². The van der Waals surface area contributed by atoms with Gasteiger partial charge in [0.05, 0.1) is 6.61 Å². The van der Waals surface area contributed by atoms with Crippen LogP contribution in [0.1, 0.15) is 38.5 Å². The van der Waals surface area contributed by atoms with Gasteiger partial charge in [-0.2, -0.15) is 11.8 Å². The van der Waals surface area contributed by atoms with Crippen LogP contribution in [0.4, 0.5) is 0 Å². The van der Waals surface area contributed by atoms with Crippen LogP contribution in [0.2, 0.25) is 0 Å². The van der Waals surface area contributed by atoms with Gasteiger partial charge in [-0.05, 0) is 31.6 Å². The average molecular weight is 244 g/mol. The monoisotopic (exact) mass is 244 g/mol. The first-order valence-corrected chi connectivity index (χ1v) is 7.60. The van der Waals surface area contributed by atoms with E-state index >= 15 is 0 Å². The summed E-state index contributed by atoms with van der Waals surface area (Å²) in [4.78, 5) is 0. The molecule has 0 radical (unpaired) electrons. The third-order valence-corrected chi connectivity index (χ3v) is 5.29. The highest BCUT2D eigenvalue weighted by molar-refractivity contribution is 7.99. The number of rotatable bonds is 5. The molecule has 1 saturated carbocycles. The normalized spacial score (nSPS) is 29.4. The van der Waals surface area contributed by atoms with Gasteiger partial charge in [0.25, 0.3) is 0 Å². The Bertz CT molecular complexity index is 191. The Labute approximate surface area is 103 Å². The first-order valence-electron chi connectivity index (χ1n) is 6.55. The van der Waals surface area contributed by atoms with E-state index in [1.54, 1.807) is 0 Å². The number of thioether (sulfide) groups is 1. The second-order valence-corrected chi connectivity index (χ2v) is 6.32. The van der Waals surface area contributed by atoms with Gasteiger partial charge < -0.3 is 4.74 Å². The van der Waals surface area contributed by atoms with Gasteiger partial charge in [-0.25, -0.2) is 0 Å². The van der Waals surface area contributed by atoms with E-state index in [0.717, 1.165) is 24.2 Å². The summed E-state index contributed by atoms with van der Waals surface area (Å²) in [5.41, 5.74) is 2.99. The second kappa shape index (κ2) is 6.84. The van der Waals surface area contributed by atoms with Crippen molar-refractivity contribution in [2.75, 3.05) is 19.0 Å². The third kappa shape index (κ3) is 3.62. The Morgan fingerprint density at radius 2 is 2.06 bits per heavy atom. The number of ether oxygens (including phenoxy) is 1. The number of hydrogen-bond donors (Lipinski definition) is 2. The Hall–Kier alpha value is 0.230. The first kappa shape index (κ1) is 12.7. The smallest absolute Gasteiger partial charge is 0.0509 e. The van der Waals surface area contributed by atoms with Crippen LogP contribution in [0.5, 0.6) is 0 Å². The lowest BCUT2D eigenvalue weighted by Gasteiger charge is -2.30. The molecule has 0 spiro atoms. The van der Waals surface area contributed by atoms with Crippen molar-refractivity contribution in [1.29, 1.82) is 0 Å². The van der Waals surface area contributed by atoms with Crippen molar-refractivity contribution in [1.82, 2.24) is 5.43 Å². The van der Waals surface area contributed by atoms with Gasteiger partial charge in [-0.1, -0.05) is 12.8 Å². The molecule has 2 unspecified atom stereocenters. The largest absolute Gasteiger partial charge is 0.381 e. The molecular weight excluding hydrogens is 220 g/mol. The summed E-state index contributed by atoms with van der Waals surface area (Å²) in [6, 6.07) is 0.436. The van der Waals surface area contributed by atoms with E-state index in [2.05, 4.69) is 17.2 Å². The molecule has 0 aromatic rings. The standard InChI is InChI=1S/C12H24N2OS/c13-14-12(10-4-3-7-15-8-10)9-16-11-5-1-2-6-11/h10-12,14H,1-9,13H2. The second-order valence-electron chi connectivity index (χ2n) is 4.99. The molecule has 0 aromatic carbocycles. The Balaban J connectivity index is 1.70. The first-order chi connectivity index (χ1) is 7.90. The van der Waals surface area contributed by atoms with Crippen LogP contribution in [0.3, 0.4) is 0 Å². The van der Waals surface area contributed by atoms with Gasteiger partial charge in [0.1, 0.15) is 0 Å². The number of hydrogen-bond acceptors (Lipinski definition) is 4. The van der Waals surface area contributed by atoms with E-state index in [4.69, 9.17) is 10.6 Å². The lowest BCUT2D eigenvalue weighted by Crippen LogP contribution is -2.45. The fourth-order valence-corrected chi connectivity index (χ4v) is 4.21. The van der Waals surface area contributed by atoms with Gasteiger partial charge in [0, 0.05) is 23.7 Å². The summed E-state index contributed by atoms with van der Waals surface area (Å²) in [6.07, 6.45) is 8.11. The van der Waals surface area contributed by atoms with Crippen molar-refractivity contribution in [2.24, 2.45) is 11.8 Å². The lowest BCUT2D eigenvalue weighted by atomic mass is 9.95. The van der Waals surface area contributed by atoms with Crippen molar-refractivity contribution in [2.45, 2.75) is 49.8 Å². The molecule has 0 bridgehead atoms. The highest BCUT2D eigenvalue weighted by atomic mass is 32.2. The number of nitrogens with one attached hydrogen (secondary N) is 1. The zero-order valence-corrected chi connectivity index (χ0v) is 10.8. The van der Waals surface area contributed by atoms with Crippen molar-refractivity contribution in [3.63, 3.8) is 0 Å². The molecule has 3 nitrogen and oxygen atoms in total. The molecule has 3 N–H and O–H groups in total. The van der Waals surface area contributed by atoms with Crippen LogP contribution < -0.4 is 11.3 Å². The van der Waals surface area contributed by atoms with Crippen LogP contribution in [0.25, 0.3) is 0 Å². The number of nitrogens with two attached hydrogens (primary N) is 1. The summed E-state index contributed by atoms with van der Waals surface area (Å²) < 4.78 is 5.53. The van der Waals surface area contributed by atoms with Gasteiger partial charge in [-0.3, -0.25) is 11.3 Å². The quantitative estimate of drug-likeness (QED) is 0.573. The summed E-state index contributed by atoms with van der Waals surface area (Å²) in [5, 5.41) is 0.889. The summed E-state index contributed by atoms with van der Waals surface area (Å²) in [6.45, 7) is 1.82. The van der Waals surface area contributed by atoms with E-state index < -0.39 is 0 Å². The average Bonchev–Trinajstić information content (AvgIpc) is 2.84. The zero-order chi connectivity index (χ0) is 11.2. The fraction of sp³-hybridized carbons (Fsp3) is 1.00. The topological polar surface area (TPSA) is 47.3 Å². The predicted octanol–water partition coefficient (Wildman–Crippen LogP) is 1.92. The SMILES string of the molecule is NNC(CSC1CCCC1)C1CCCOC1. The molecule has 1 aliphatic heterocycles. The molecule has 1 saturated heterocycles. The van der Waals surface area contributed by atoms with Gasteiger partial charge >= 0.3 is 0 Å².